The van der Waals surface area contributed by atoms with E-state index >= 15 is 0 Å². The molecule has 0 saturated carbocycles. The molecule has 102 valence electrons. The summed E-state index contributed by atoms with van der Waals surface area (Å²) >= 11 is 0. The number of nitrogens with zero attached hydrogens (tertiary/aromatic N) is 1. The molecule has 0 aliphatic heterocycles. The fraction of sp³-hybridized carbons (Fsp3) is 0.917. The van der Waals surface area contributed by atoms with Gasteiger partial charge in [-0.3, -0.25) is 4.79 Å². The van der Waals surface area contributed by atoms with Crippen molar-refractivity contribution in [2.45, 2.75) is 38.8 Å². The van der Waals surface area contributed by atoms with E-state index in [4.69, 9.17) is 9.84 Å². The van der Waals surface area contributed by atoms with Gasteiger partial charge in [0.15, 0.2) is 0 Å². The van der Waals surface area contributed by atoms with Gasteiger partial charge >= 0.3 is 5.97 Å². The van der Waals surface area contributed by atoms with Gasteiger partial charge in [0.25, 0.3) is 0 Å². The second-order valence-electron chi connectivity index (χ2n) is 4.86. The van der Waals surface area contributed by atoms with Crippen molar-refractivity contribution >= 4 is 5.97 Å². The zero-order chi connectivity index (χ0) is 13.5. The Balaban J connectivity index is 3.89. The van der Waals surface area contributed by atoms with Crippen molar-refractivity contribution in [1.82, 2.24) is 10.2 Å². The highest BCUT2D eigenvalue weighted by Crippen LogP contribution is 2.09. The first kappa shape index (κ1) is 16.4. The minimum absolute atomic E-state index is 0.241. The van der Waals surface area contributed by atoms with E-state index in [1.807, 2.05) is 20.9 Å². The van der Waals surface area contributed by atoms with Crippen molar-refractivity contribution < 1.29 is 14.6 Å². The summed E-state index contributed by atoms with van der Waals surface area (Å²) in [6, 6.07) is 0. The SMILES string of the molecule is CNC(C)(CCN(C)CCOC(C)C)C(=O)O. The second kappa shape index (κ2) is 7.63. The number of aliphatic carboxylic acids is 1. The molecule has 0 aromatic heterocycles. The number of hydrogen-bond acceptors (Lipinski definition) is 4. The Morgan fingerprint density at radius 3 is 2.47 bits per heavy atom. The molecule has 0 amide bonds. The minimum atomic E-state index is -0.854. The van der Waals surface area contributed by atoms with Gasteiger partial charge in [0.05, 0.1) is 12.7 Å². The summed E-state index contributed by atoms with van der Waals surface area (Å²) in [5.41, 5.74) is -0.854. The lowest BCUT2D eigenvalue weighted by atomic mass is 9.98. The third-order valence-corrected chi connectivity index (χ3v) is 2.94. The van der Waals surface area contributed by atoms with Crippen molar-refractivity contribution in [2.75, 3.05) is 33.8 Å². The van der Waals surface area contributed by atoms with Crippen LogP contribution in [-0.4, -0.2) is 61.4 Å². The van der Waals surface area contributed by atoms with E-state index < -0.39 is 11.5 Å². The third-order valence-electron chi connectivity index (χ3n) is 2.94. The number of carbonyl (C=O) groups is 1. The van der Waals surface area contributed by atoms with Crippen molar-refractivity contribution in [3.63, 3.8) is 0 Å². The van der Waals surface area contributed by atoms with Crippen molar-refractivity contribution in [3.8, 4) is 0 Å². The smallest absolute Gasteiger partial charge is 0.323 e. The fourth-order valence-electron chi connectivity index (χ4n) is 1.31. The van der Waals surface area contributed by atoms with Crippen LogP contribution < -0.4 is 5.32 Å². The van der Waals surface area contributed by atoms with E-state index in [2.05, 4.69) is 10.2 Å². The van der Waals surface area contributed by atoms with Gasteiger partial charge in [-0.2, -0.15) is 0 Å². The number of hydrogen-bond donors (Lipinski definition) is 2. The highest BCUT2D eigenvalue weighted by molar-refractivity contribution is 5.78. The Kier molecular flexibility index (Phi) is 7.34. The van der Waals surface area contributed by atoms with Crippen molar-refractivity contribution in [1.29, 1.82) is 0 Å². The van der Waals surface area contributed by atoms with Gasteiger partial charge < -0.3 is 20.1 Å². The Morgan fingerprint density at radius 1 is 1.47 bits per heavy atom. The molecular formula is C12H26N2O3. The molecule has 0 bridgehead atoms. The van der Waals surface area contributed by atoms with E-state index in [1.54, 1.807) is 14.0 Å². The molecule has 0 radical (unpaired) electrons. The van der Waals surface area contributed by atoms with E-state index in [1.165, 1.54) is 0 Å². The number of nitrogens with one attached hydrogen (secondary N) is 1. The number of likely N-dealkylation sites (N-methyl/N-ethyl adjacent to an activating group) is 2. The molecule has 5 nitrogen and oxygen atoms in total. The van der Waals surface area contributed by atoms with Crippen LogP contribution >= 0.6 is 0 Å². The van der Waals surface area contributed by atoms with Gasteiger partial charge in [-0.05, 0) is 41.3 Å². The lowest BCUT2D eigenvalue weighted by Gasteiger charge is -2.27. The number of carboxylic acid groups (broad SMARTS) is 1. The van der Waals surface area contributed by atoms with Crippen LogP contribution in [0.25, 0.3) is 0 Å². The number of carboxylic acids is 1. The van der Waals surface area contributed by atoms with E-state index in [0.717, 1.165) is 13.1 Å². The molecule has 1 atom stereocenters. The molecule has 0 fully saturated rings. The summed E-state index contributed by atoms with van der Waals surface area (Å²) < 4.78 is 5.44. The van der Waals surface area contributed by atoms with Gasteiger partial charge in [-0.25, -0.2) is 0 Å². The standard InChI is InChI=1S/C12H26N2O3/c1-10(2)17-9-8-14(5)7-6-12(3,13-4)11(15)16/h10,13H,6-9H2,1-5H3,(H,15,16). The van der Waals surface area contributed by atoms with E-state index in [-0.39, 0.29) is 6.10 Å². The predicted octanol–water partition coefficient (Wildman–Crippen LogP) is 0.796. The van der Waals surface area contributed by atoms with E-state index in [0.29, 0.717) is 13.0 Å². The molecule has 0 aromatic rings. The summed E-state index contributed by atoms with van der Waals surface area (Å²) in [4.78, 5) is 13.1. The third kappa shape index (κ3) is 6.61. The summed E-state index contributed by atoms with van der Waals surface area (Å²) in [6.45, 7) is 7.93. The highest BCUT2D eigenvalue weighted by Gasteiger charge is 2.30. The fourth-order valence-corrected chi connectivity index (χ4v) is 1.31. The number of rotatable bonds is 9. The Hall–Kier alpha value is -0.650. The number of ether oxygens (including phenoxy) is 1. The summed E-state index contributed by atoms with van der Waals surface area (Å²) in [7, 11) is 3.65. The molecular weight excluding hydrogens is 220 g/mol. The normalized spacial score (nSPS) is 15.2. The lowest BCUT2D eigenvalue weighted by Crippen LogP contribution is -2.49. The maximum Gasteiger partial charge on any atom is 0.323 e. The molecule has 1 unspecified atom stereocenters. The van der Waals surface area contributed by atoms with Gasteiger partial charge in [-0.15, -0.1) is 0 Å². The zero-order valence-corrected chi connectivity index (χ0v) is 11.6. The molecule has 0 aliphatic rings. The maximum atomic E-state index is 11.1. The lowest BCUT2D eigenvalue weighted by molar-refractivity contribution is -0.144. The van der Waals surface area contributed by atoms with Crippen LogP contribution in [0.3, 0.4) is 0 Å². The Labute approximate surface area is 104 Å². The largest absolute Gasteiger partial charge is 0.480 e. The van der Waals surface area contributed by atoms with Crippen LogP contribution in [0.1, 0.15) is 27.2 Å². The second-order valence-corrected chi connectivity index (χ2v) is 4.86. The van der Waals surface area contributed by atoms with Gasteiger partial charge in [0.1, 0.15) is 5.54 Å². The van der Waals surface area contributed by atoms with Crippen LogP contribution in [0.2, 0.25) is 0 Å². The molecule has 0 heterocycles. The van der Waals surface area contributed by atoms with Gasteiger partial charge in [0.2, 0.25) is 0 Å². The molecule has 17 heavy (non-hydrogen) atoms. The molecule has 5 heteroatoms. The summed E-state index contributed by atoms with van der Waals surface area (Å²) in [6.07, 6.45) is 0.807. The van der Waals surface area contributed by atoms with Crippen LogP contribution in [-0.2, 0) is 9.53 Å². The van der Waals surface area contributed by atoms with Crippen LogP contribution in [0.4, 0.5) is 0 Å². The molecule has 0 aromatic carbocycles. The predicted molar refractivity (Wildman–Crippen MR) is 68.3 cm³/mol. The van der Waals surface area contributed by atoms with Crippen LogP contribution in [0.5, 0.6) is 0 Å². The average molecular weight is 246 g/mol. The molecule has 2 N–H and O–H groups in total. The first-order valence-electron chi connectivity index (χ1n) is 6.04. The summed E-state index contributed by atoms with van der Waals surface area (Å²) in [5.74, 6) is -0.813. The molecule has 0 rings (SSSR count). The van der Waals surface area contributed by atoms with Crippen molar-refractivity contribution in [3.05, 3.63) is 0 Å². The quantitative estimate of drug-likeness (QED) is 0.630. The average Bonchev–Trinajstić information content (AvgIpc) is 2.25. The first-order chi connectivity index (χ1) is 7.81. The Morgan fingerprint density at radius 2 is 2.06 bits per heavy atom. The molecule has 0 saturated heterocycles. The van der Waals surface area contributed by atoms with Gasteiger partial charge in [0, 0.05) is 13.1 Å². The zero-order valence-electron chi connectivity index (χ0n) is 11.6. The maximum absolute atomic E-state index is 11.1. The van der Waals surface area contributed by atoms with Crippen molar-refractivity contribution in [2.24, 2.45) is 0 Å². The van der Waals surface area contributed by atoms with Crippen LogP contribution in [0, 0.1) is 0 Å². The van der Waals surface area contributed by atoms with Crippen LogP contribution in [0.15, 0.2) is 0 Å². The van der Waals surface area contributed by atoms with E-state index in [9.17, 15) is 4.79 Å². The minimum Gasteiger partial charge on any atom is -0.480 e. The first-order valence-corrected chi connectivity index (χ1v) is 6.04. The molecule has 0 spiro atoms. The highest BCUT2D eigenvalue weighted by atomic mass is 16.5. The monoisotopic (exact) mass is 246 g/mol. The molecule has 0 aliphatic carbocycles. The summed E-state index contributed by atoms with van der Waals surface area (Å²) in [5, 5.41) is 11.9. The van der Waals surface area contributed by atoms with Gasteiger partial charge in [-0.1, -0.05) is 0 Å². The Bertz CT molecular complexity index is 234. The topological polar surface area (TPSA) is 61.8 Å².